The van der Waals surface area contributed by atoms with Crippen LogP contribution in [-0.4, -0.2) is 63.6 Å². The number of hydrogen-bond acceptors (Lipinski definition) is 7. The van der Waals surface area contributed by atoms with E-state index in [1.54, 1.807) is 37.4 Å². The highest BCUT2D eigenvalue weighted by Crippen LogP contribution is 2.34. The number of β-amino-alcohol motifs (C(OH)–C–C–N with tert-alkyl or cyclic N) is 1. The Bertz CT molecular complexity index is 1150. The second-order valence-corrected chi connectivity index (χ2v) is 7.97. The van der Waals surface area contributed by atoms with Crippen molar-refractivity contribution in [3.63, 3.8) is 0 Å². The summed E-state index contributed by atoms with van der Waals surface area (Å²) in [6, 6.07) is 10.2. The number of aliphatic hydroxyl groups is 1. The van der Waals surface area contributed by atoms with Crippen molar-refractivity contribution in [2.75, 3.05) is 53.6 Å². The van der Waals surface area contributed by atoms with Crippen LogP contribution in [0, 0.1) is 0 Å². The number of fused-ring (bicyclic) bond motifs is 1. The molecule has 1 aromatic heterocycles. The molecular formula is C24H28N2O6. The van der Waals surface area contributed by atoms with Crippen molar-refractivity contribution < 1.29 is 29.0 Å². The fourth-order valence-corrected chi connectivity index (χ4v) is 4.26. The van der Waals surface area contributed by atoms with Crippen LogP contribution in [0.2, 0.25) is 0 Å². The maximum Gasteiger partial charge on any atom is 0.344 e. The van der Waals surface area contributed by atoms with Crippen LogP contribution in [0.4, 0.5) is 0 Å². The number of rotatable bonds is 7. The third kappa shape index (κ3) is 4.43. The predicted molar refractivity (Wildman–Crippen MR) is 118 cm³/mol. The number of benzene rings is 2. The van der Waals surface area contributed by atoms with E-state index in [2.05, 4.69) is 4.90 Å². The normalized spacial score (nSPS) is 15.2. The van der Waals surface area contributed by atoms with E-state index in [0.29, 0.717) is 52.2 Å². The van der Waals surface area contributed by atoms with Crippen LogP contribution in [0.25, 0.3) is 22.1 Å². The van der Waals surface area contributed by atoms with Crippen LogP contribution in [0.3, 0.4) is 0 Å². The Morgan fingerprint density at radius 2 is 1.88 bits per heavy atom. The first-order valence-electron chi connectivity index (χ1n) is 10.7. The van der Waals surface area contributed by atoms with Crippen molar-refractivity contribution in [1.29, 1.82) is 0 Å². The van der Waals surface area contributed by atoms with Gasteiger partial charge in [-0.3, -0.25) is 4.90 Å². The molecule has 0 unspecified atom stereocenters. The highest BCUT2D eigenvalue weighted by atomic mass is 16.5. The van der Waals surface area contributed by atoms with Gasteiger partial charge in [0.25, 0.3) is 0 Å². The zero-order valence-corrected chi connectivity index (χ0v) is 18.3. The average Bonchev–Trinajstić information content (AvgIpc) is 2.81. The summed E-state index contributed by atoms with van der Waals surface area (Å²) in [6.45, 7) is 4.76. The van der Waals surface area contributed by atoms with Gasteiger partial charge >= 0.3 is 5.63 Å². The van der Waals surface area contributed by atoms with Gasteiger partial charge in [0, 0.05) is 42.2 Å². The van der Waals surface area contributed by atoms with Gasteiger partial charge in [-0.1, -0.05) is 17.9 Å². The Kier molecular flexibility index (Phi) is 6.64. The van der Waals surface area contributed by atoms with Gasteiger partial charge in [-0.05, 0) is 18.2 Å². The van der Waals surface area contributed by atoms with Gasteiger partial charge in [-0.15, -0.1) is 0 Å². The van der Waals surface area contributed by atoms with Gasteiger partial charge in [0.05, 0.1) is 39.5 Å². The Morgan fingerprint density at radius 3 is 2.56 bits per heavy atom. The zero-order chi connectivity index (χ0) is 22.7. The van der Waals surface area contributed by atoms with Crippen molar-refractivity contribution in [2.24, 2.45) is 0 Å². The third-order valence-corrected chi connectivity index (χ3v) is 6.07. The van der Waals surface area contributed by atoms with Gasteiger partial charge in [0.2, 0.25) is 0 Å². The molecule has 4 rings (SSSR count). The first-order valence-corrected chi connectivity index (χ1v) is 10.7. The number of ether oxygens (including phenoxy) is 2. The number of nitrogens with one attached hydrogen (secondary N) is 1. The minimum Gasteiger partial charge on any atom is -0.872 e. The topological polar surface area (TPSA) is 99.6 Å². The molecule has 0 bridgehead atoms. The lowest BCUT2D eigenvalue weighted by molar-refractivity contribution is -0.918. The summed E-state index contributed by atoms with van der Waals surface area (Å²) in [4.78, 5) is 16.4. The van der Waals surface area contributed by atoms with Crippen molar-refractivity contribution in [3.05, 3.63) is 52.4 Å². The van der Waals surface area contributed by atoms with Crippen LogP contribution >= 0.6 is 0 Å². The molecule has 170 valence electrons. The first kappa shape index (κ1) is 22.1. The van der Waals surface area contributed by atoms with Crippen LogP contribution in [0.5, 0.6) is 17.2 Å². The molecule has 32 heavy (non-hydrogen) atoms. The summed E-state index contributed by atoms with van der Waals surface area (Å²) in [5.74, 6) is 0.999. The largest absolute Gasteiger partial charge is 0.872 e. The minimum atomic E-state index is -0.518. The number of quaternary nitrogens is 1. The lowest BCUT2D eigenvalue weighted by atomic mass is 10.0. The molecule has 1 aliphatic rings. The molecule has 0 atom stereocenters. The third-order valence-electron chi connectivity index (χ3n) is 6.07. The fraction of sp³-hybridized carbons (Fsp3) is 0.375. The maximum absolute atomic E-state index is 12.9. The van der Waals surface area contributed by atoms with E-state index in [4.69, 9.17) is 19.0 Å². The van der Waals surface area contributed by atoms with Crippen LogP contribution < -0.4 is 25.1 Å². The van der Waals surface area contributed by atoms with E-state index in [1.807, 2.05) is 0 Å². The molecule has 0 radical (unpaired) electrons. The van der Waals surface area contributed by atoms with Gasteiger partial charge < -0.3 is 29.0 Å². The van der Waals surface area contributed by atoms with Crippen LogP contribution in [-0.2, 0) is 6.54 Å². The van der Waals surface area contributed by atoms with E-state index in [-0.39, 0.29) is 12.4 Å². The molecule has 2 aromatic carbocycles. The molecule has 2 N–H and O–H groups in total. The van der Waals surface area contributed by atoms with Gasteiger partial charge in [-0.2, -0.15) is 0 Å². The second kappa shape index (κ2) is 9.60. The summed E-state index contributed by atoms with van der Waals surface area (Å²) >= 11 is 0. The first-order chi connectivity index (χ1) is 15.5. The van der Waals surface area contributed by atoms with E-state index in [9.17, 15) is 9.90 Å². The van der Waals surface area contributed by atoms with E-state index in [0.717, 1.165) is 26.2 Å². The summed E-state index contributed by atoms with van der Waals surface area (Å²) in [5, 5.41) is 22.5. The Balaban J connectivity index is 1.68. The lowest BCUT2D eigenvalue weighted by Gasteiger charge is -2.32. The van der Waals surface area contributed by atoms with E-state index in [1.165, 1.54) is 18.1 Å². The molecule has 0 amide bonds. The molecule has 8 heteroatoms. The molecule has 2 heterocycles. The number of hydrogen-bond donors (Lipinski definition) is 2. The molecule has 0 aliphatic carbocycles. The SMILES string of the molecule is COc1ccc(-c2cc3ccc([O-])c(C[NH+]4CCN(CCO)CC4)c3oc2=O)c(OC)c1. The number of nitrogens with zero attached hydrogens (tertiary/aromatic N) is 1. The Morgan fingerprint density at radius 1 is 1.09 bits per heavy atom. The molecule has 1 fully saturated rings. The van der Waals surface area contributed by atoms with Crippen molar-refractivity contribution >= 4 is 11.0 Å². The number of aliphatic hydroxyl groups excluding tert-OH is 1. The summed E-state index contributed by atoms with van der Waals surface area (Å²) in [7, 11) is 3.10. The van der Waals surface area contributed by atoms with Gasteiger partial charge in [0.1, 0.15) is 23.6 Å². The summed E-state index contributed by atoms with van der Waals surface area (Å²) < 4.78 is 16.4. The molecule has 0 spiro atoms. The molecule has 0 saturated carbocycles. The molecule has 3 aromatic rings. The Hall–Kier alpha value is -3.07. The quantitative estimate of drug-likeness (QED) is 0.508. The van der Waals surface area contributed by atoms with Gasteiger partial charge in [0.15, 0.2) is 0 Å². The fourth-order valence-electron chi connectivity index (χ4n) is 4.26. The smallest absolute Gasteiger partial charge is 0.344 e. The van der Waals surface area contributed by atoms with Crippen molar-refractivity contribution in [2.45, 2.75) is 6.54 Å². The number of piperazine rings is 1. The Labute approximate surface area is 186 Å². The van der Waals surface area contributed by atoms with Gasteiger partial charge in [-0.25, -0.2) is 4.79 Å². The highest BCUT2D eigenvalue weighted by Gasteiger charge is 2.22. The second-order valence-electron chi connectivity index (χ2n) is 7.97. The molecular weight excluding hydrogens is 412 g/mol. The minimum absolute atomic E-state index is 0.124. The van der Waals surface area contributed by atoms with Crippen LogP contribution in [0.15, 0.2) is 45.6 Å². The van der Waals surface area contributed by atoms with E-state index < -0.39 is 5.63 Å². The number of methoxy groups -OCH3 is 2. The maximum atomic E-state index is 12.9. The summed E-state index contributed by atoms with van der Waals surface area (Å²) in [6.07, 6.45) is 0. The van der Waals surface area contributed by atoms with Crippen molar-refractivity contribution in [3.8, 4) is 28.4 Å². The van der Waals surface area contributed by atoms with Crippen LogP contribution in [0.1, 0.15) is 5.56 Å². The van der Waals surface area contributed by atoms with E-state index >= 15 is 0 Å². The summed E-state index contributed by atoms with van der Waals surface area (Å²) in [5.41, 5.74) is 1.33. The monoisotopic (exact) mass is 440 g/mol. The highest BCUT2D eigenvalue weighted by molar-refractivity contribution is 5.86. The molecule has 1 aliphatic heterocycles. The molecule has 8 nitrogen and oxygen atoms in total. The van der Waals surface area contributed by atoms with Crippen molar-refractivity contribution in [1.82, 2.24) is 4.90 Å². The lowest BCUT2D eigenvalue weighted by Crippen LogP contribution is -3.13. The standard InChI is InChI=1S/C24H28N2O6/c1-30-17-4-5-18(22(14-17)31-2)19-13-16-3-6-21(28)20(23(16)32-24(19)29)15-26-9-7-25(8-10-26)11-12-27/h3-6,13-14,27-28H,7-12,15H2,1-2H3. The zero-order valence-electron chi connectivity index (χ0n) is 18.3. The molecule has 1 saturated heterocycles. The average molecular weight is 440 g/mol. The predicted octanol–water partition coefficient (Wildman–Crippen LogP) is 0.244.